The zero-order valence-electron chi connectivity index (χ0n) is 18.8. The van der Waals surface area contributed by atoms with E-state index >= 15 is 0 Å². The van der Waals surface area contributed by atoms with Gasteiger partial charge < -0.3 is 14.8 Å². The van der Waals surface area contributed by atoms with Gasteiger partial charge in [0.1, 0.15) is 5.54 Å². The number of nitrogens with one attached hydrogen (secondary N) is 1. The number of ketones is 1. The van der Waals surface area contributed by atoms with E-state index in [-0.39, 0.29) is 24.2 Å². The van der Waals surface area contributed by atoms with Crippen LogP contribution in [0.1, 0.15) is 27.4 Å². The van der Waals surface area contributed by atoms with Gasteiger partial charge in [0.2, 0.25) is 12.7 Å². The minimum atomic E-state index is -1.26. The molecule has 0 saturated carbocycles. The summed E-state index contributed by atoms with van der Waals surface area (Å²) in [6.45, 7) is 0.444. The summed E-state index contributed by atoms with van der Waals surface area (Å²) >= 11 is 0. The number of amides is 1. The number of rotatable bonds is 4. The molecule has 1 spiro atoms. The summed E-state index contributed by atoms with van der Waals surface area (Å²) in [5.74, 6) is -0.795. The van der Waals surface area contributed by atoms with E-state index in [9.17, 15) is 19.7 Å². The van der Waals surface area contributed by atoms with Crippen LogP contribution in [0, 0.1) is 16.0 Å². The normalized spacial score (nSPS) is 24.4. The third-order valence-electron chi connectivity index (χ3n) is 7.31. The number of nitro benzene ring substituents is 1. The molecule has 0 unspecified atom stereocenters. The van der Waals surface area contributed by atoms with Crippen LogP contribution < -0.4 is 14.8 Å². The number of ether oxygens (including phenoxy) is 2. The summed E-state index contributed by atoms with van der Waals surface area (Å²) in [5, 5.41) is 14.4. The second kappa shape index (κ2) is 7.64. The average Bonchev–Trinajstić information content (AvgIpc) is 3.54. The maximum Gasteiger partial charge on any atom is 0.269 e. The highest BCUT2D eigenvalue weighted by Gasteiger charge is 2.64. The Hall–Kier alpha value is -4.24. The van der Waals surface area contributed by atoms with Crippen LogP contribution in [0.25, 0.3) is 0 Å². The summed E-state index contributed by atoms with van der Waals surface area (Å²) in [4.78, 5) is 40.9. The molecule has 0 bridgehead atoms. The Morgan fingerprint density at radius 1 is 1.09 bits per heavy atom. The van der Waals surface area contributed by atoms with Crippen molar-refractivity contribution in [3.05, 3.63) is 93.5 Å². The molecule has 1 amide bonds. The summed E-state index contributed by atoms with van der Waals surface area (Å²) in [6.07, 6.45) is 0. The lowest BCUT2D eigenvalue weighted by Gasteiger charge is -2.35. The molecule has 9 heteroatoms. The second-order valence-electron chi connectivity index (χ2n) is 9.02. The number of likely N-dealkylation sites (N-methyl/N-ethyl adjacent to an activating group) is 1. The number of benzene rings is 3. The average molecular weight is 471 g/mol. The van der Waals surface area contributed by atoms with Crippen molar-refractivity contribution in [1.29, 1.82) is 0 Å². The van der Waals surface area contributed by atoms with E-state index in [0.29, 0.717) is 34.9 Å². The monoisotopic (exact) mass is 471 g/mol. The van der Waals surface area contributed by atoms with Crippen molar-refractivity contribution in [2.24, 2.45) is 5.92 Å². The van der Waals surface area contributed by atoms with Gasteiger partial charge in [0.15, 0.2) is 17.3 Å². The van der Waals surface area contributed by atoms with E-state index in [0.717, 1.165) is 5.56 Å². The fourth-order valence-electron chi connectivity index (χ4n) is 5.79. The number of likely N-dealkylation sites (tertiary alicyclic amines) is 1. The van der Waals surface area contributed by atoms with E-state index in [1.54, 1.807) is 30.3 Å². The van der Waals surface area contributed by atoms with Gasteiger partial charge in [0.05, 0.1) is 10.8 Å². The molecule has 3 aliphatic rings. The number of nitro groups is 1. The van der Waals surface area contributed by atoms with Crippen molar-refractivity contribution >= 4 is 23.1 Å². The zero-order chi connectivity index (χ0) is 24.3. The summed E-state index contributed by atoms with van der Waals surface area (Å²) in [6, 6.07) is 18.7. The molecule has 9 nitrogen and oxygen atoms in total. The van der Waals surface area contributed by atoms with E-state index in [1.165, 1.54) is 12.1 Å². The molecule has 3 atom stereocenters. The highest BCUT2D eigenvalue weighted by molar-refractivity contribution is 6.12. The molecule has 35 heavy (non-hydrogen) atoms. The van der Waals surface area contributed by atoms with E-state index < -0.39 is 22.3 Å². The van der Waals surface area contributed by atoms with Crippen molar-refractivity contribution < 1.29 is 24.0 Å². The molecule has 3 heterocycles. The van der Waals surface area contributed by atoms with Crippen LogP contribution in [0.3, 0.4) is 0 Å². The van der Waals surface area contributed by atoms with Gasteiger partial charge in [-0.05, 0) is 36.9 Å². The number of para-hydroxylation sites is 1. The van der Waals surface area contributed by atoms with E-state index in [4.69, 9.17) is 9.47 Å². The molecule has 176 valence electrons. The first-order chi connectivity index (χ1) is 16.9. The summed E-state index contributed by atoms with van der Waals surface area (Å²) < 4.78 is 10.9. The third-order valence-corrected chi connectivity index (χ3v) is 7.31. The Morgan fingerprint density at radius 2 is 1.89 bits per heavy atom. The van der Waals surface area contributed by atoms with Crippen molar-refractivity contribution in [2.45, 2.75) is 11.5 Å². The predicted octanol–water partition coefficient (Wildman–Crippen LogP) is 3.70. The van der Waals surface area contributed by atoms with Crippen LogP contribution in [0.4, 0.5) is 11.4 Å². The van der Waals surface area contributed by atoms with Gasteiger partial charge in [-0.25, -0.2) is 0 Å². The van der Waals surface area contributed by atoms with Crippen molar-refractivity contribution in [3.8, 4) is 11.5 Å². The van der Waals surface area contributed by atoms with Gasteiger partial charge in [-0.15, -0.1) is 0 Å². The van der Waals surface area contributed by atoms with Gasteiger partial charge in [-0.2, -0.15) is 0 Å². The number of nitrogens with zero attached hydrogens (tertiary/aromatic N) is 2. The van der Waals surface area contributed by atoms with E-state index in [2.05, 4.69) is 5.32 Å². The standard InChI is InChI=1S/C26H21N3O6/c1-28-13-18(15-5-4-6-17(11-15)29(32)33)23(24(30)16-9-10-21-22(12-16)35-14-34-21)26(28)19-7-2-3-8-20(19)27-25(26)31/h2-12,18,23H,13-14H2,1H3,(H,27,31)/t18-,23+,26+/m0/s1. The maximum atomic E-state index is 14.3. The molecule has 3 aromatic rings. The van der Waals surface area contributed by atoms with Crippen LogP contribution in [-0.4, -0.2) is 41.9 Å². The Morgan fingerprint density at radius 3 is 2.71 bits per heavy atom. The molecular formula is C26H21N3O6. The lowest BCUT2D eigenvalue weighted by molar-refractivity contribution is -0.384. The lowest BCUT2D eigenvalue weighted by atomic mass is 9.70. The molecule has 0 aromatic heterocycles. The number of hydrogen-bond acceptors (Lipinski definition) is 7. The Balaban J connectivity index is 1.54. The number of non-ortho nitro benzene ring substituents is 1. The summed E-state index contributed by atoms with van der Waals surface area (Å²) in [5.41, 5.74) is 1.09. The third kappa shape index (κ3) is 2.98. The zero-order valence-corrected chi connectivity index (χ0v) is 18.8. The first kappa shape index (κ1) is 21.3. The number of carbonyl (C=O) groups is 2. The fraction of sp³-hybridized carbons (Fsp3) is 0.231. The Kier molecular flexibility index (Phi) is 4.65. The largest absolute Gasteiger partial charge is 0.454 e. The quantitative estimate of drug-likeness (QED) is 0.351. The summed E-state index contributed by atoms with van der Waals surface area (Å²) in [7, 11) is 1.82. The van der Waals surface area contributed by atoms with Crippen LogP contribution in [0.5, 0.6) is 11.5 Å². The van der Waals surface area contributed by atoms with Gasteiger partial charge in [0, 0.05) is 41.4 Å². The van der Waals surface area contributed by atoms with Crippen LogP contribution in [-0.2, 0) is 10.3 Å². The fourth-order valence-corrected chi connectivity index (χ4v) is 5.79. The first-order valence-electron chi connectivity index (χ1n) is 11.2. The Bertz CT molecular complexity index is 1410. The van der Waals surface area contributed by atoms with Crippen molar-refractivity contribution in [1.82, 2.24) is 4.90 Å². The Labute approximate surface area is 200 Å². The van der Waals surface area contributed by atoms with Crippen molar-refractivity contribution in [2.75, 3.05) is 25.7 Å². The van der Waals surface area contributed by atoms with Gasteiger partial charge in [0.25, 0.3) is 5.69 Å². The van der Waals surface area contributed by atoms with E-state index in [1.807, 2.05) is 36.2 Å². The molecule has 1 N–H and O–H groups in total. The van der Waals surface area contributed by atoms with Crippen LogP contribution >= 0.6 is 0 Å². The first-order valence-corrected chi connectivity index (χ1v) is 11.2. The molecule has 6 rings (SSSR count). The minimum Gasteiger partial charge on any atom is -0.454 e. The van der Waals surface area contributed by atoms with Gasteiger partial charge >= 0.3 is 0 Å². The topological polar surface area (TPSA) is 111 Å². The predicted molar refractivity (Wildman–Crippen MR) is 126 cm³/mol. The number of Topliss-reactive ketones (excluding diaryl/α,β-unsaturated/α-hetero) is 1. The van der Waals surface area contributed by atoms with Crippen LogP contribution in [0.15, 0.2) is 66.7 Å². The minimum absolute atomic E-state index is 0.0587. The molecule has 3 aliphatic heterocycles. The highest BCUT2D eigenvalue weighted by Crippen LogP contribution is 2.56. The molecule has 1 saturated heterocycles. The SMILES string of the molecule is CN1C[C@@H](c2cccc([N+](=O)[O-])c2)[C@H](C(=O)c2ccc3c(c2)OCO3)[C@]12C(=O)Nc1ccccc12. The van der Waals surface area contributed by atoms with Gasteiger partial charge in [-0.1, -0.05) is 30.3 Å². The molecule has 0 radical (unpaired) electrons. The lowest BCUT2D eigenvalue weighted by Crippen LogP contribution is -2.51. The maximum absolute atomic E-state index is 14.3. The molecule has 0 aliphatic carbocycles. The highest BCUT2D eigenvalue weighted by atomic mass is 16.7. The number of anilines is 1. The molecule has 1 fully saturated rings. The van der Waals surface area contributed by atoms with Crippen LogP contribution in [0.2, 0.25) is 0 Å². The number of fused-ring (bicyclic) bond motifs is 3. The second-order valence-corrected chi connectivity index (χ2v) is 9.02. The number of hydrogen-bond donors (Lipinski definition) is 1. The number of carbonyl (C=O) groups excluding carboxylic acids is 2. The van der Waals surface area contributed by atoms with Gasteiger partial charge in [-0.3, -0.25) is 24.6 Å². The smallest absolute Gasteiger partial charge is 0.269 e. The molecular weight excluding hydrogens is 450 g/mol. The van der Waals surface area contributed by atoms with Crippen molar-refractivity contribution in [3.63, 3.8) is 0 Å². The molecule has 3 aromatic carbocycles.